The van der Waals surface area contributed by atoms with E-state index in [-0.39, 0.29) is 16.4 Å². The lowest BCUT2D eigenvalue weighted by Crippen LogP contribution is -2.11. The highest BCUT2D eigenvalue weighted by molar-refractivity contribution is 7.87. The maximum absolute atomic E-state index is 12.3. The van der Waals surface area contributed by atoms with Crippen LogP contribution >= 0.6 is 0 Å². The first kappa shape index (κ1) is 15.8. The summed E-state index contributed by atoms with van der Waals surface area (Å²) in [6.07, 6.45) is 0. The molecule has 7 nitrogen and oxygen atoms in total. The Morgan fingerprint density at radius 3 is 2.23 bits per heavy atom. The van der Waals surface area contributed by atoms with Gasteiger partial charge in [0.2, 0.25) is 5.75 Å². The van der Waals surface area contributed by atoms with E-state index in [0.29, 0.717) is 11.1 Å². The van der Waals surface area contributed by atoms with Gasteiger partial charge in [-0.05, 0) is 43.2 Å². The number of nitro benzene ring substituents is 1. The average molecular weight is 323 g/mol. The number of benzene rings is 2. The van der Waals surface area contributed by atoms with Crippen LogP contribution in [-0.4, -0.2) is 18.4 Å². The van der Waals surface area contributed by atoms with Crippen LogP contribution in [0.5, 0.6) is 11.5 Å². The van der Waals surface area contributed by atoms with Crippen LogP contribution in [0, 0.1) is 24.0 Å². The molecule has 1 N–H and O–H groups in total. The number of phenols is 1. The van der Waals surface area contributed by atoms with Gasteiger partial charge in [-0.25, -0.2) is 0 Å². The number of nitrogens with zero attached hydrogens (tertiary/aromatic N) is 1. The molecule has 8 heteroatoms. The summed E-state index contributed by atoms with van der Waals surface area (Å²) in [5.74, 6) is -0.375. The van der Waals surface area contributed by atoms with Crippen molar-refractivity contribution in [3.8, 4) is 11.5 Å². The van der Waals surface area contributed by atoms with Gasteiger partial charge < -0.3 is 9.29 Å². The van der Waals surface area contributed by atoms with Crippen LogP contribution in [0.15, 0.2) is 41.3 Å². The lowest BCUT2D eigenvalue weighted by atomic mass is 10.1. The Hall–Kier alpha value is -2.61. The second kappa shape index (κ2) is 5.64. The monoisotopic (exact) mass is 323 g/mol. The highest BCUT2D eigenvalue weighted by Gasteiger charge is 2.24. The fraction of sp³-hybridized carbons (Fsp3) is 0.143. The topological polar surface area (TPSA) is 107 Å². The predicted octanol–water partition coefficient (Wildman–Crippen LogP) is 2.68. The predicted molar refractivity (Wildman–Crippen MR) is 78.5 cm³/mol. The molecule has 0 saturated heterocycles. The minimum absolute atomic E-state index is 0.00959. The normalized spacial score (nSPS) is 11.2. The molecule has 0 amide bonds. The number of para-hydroxylation sites is 2. The number of nitro groups is 1. The molecule has 0 aliphatic rings. The maximum atomic E-state index is 12.3. The summed E-state index contributed by atoms with van der Waals surface area (Å²) < 4.78 is 29.4. The first-order valence-electron chi connectivity index (χ1n) is 6.20. The Morgan fingerprint density at radius 1 is 1.14 bits per heavy atom. The van der Waals surface area contributed by atoms with E-state index in [1.54, 1.807) is 13.8 Å². The van der Waals surface area contributed by atoms with Crippen molar-refractivity contribution < 1.29 is 22.6 Å². The second-order valence-electron chi connectivity index (χ2n) is 4.67. The van der Waals surface area contributed by atoms with Gasteiger partial charge in [-0.2, -0.15) is 8.42 Å². The standard InChI is InChI=1S/C14H13NO6S/c1-9-7-11(8-10(2)14(9)16)22(19,20)21-13-6-4-3-5-12(13)15(17)18/h3-8,16H,1-2H3. The first-order valence-corrected chi connectivity index (χ1v) is 7.61. The molecule has 0 aliphatic carbocycles. The molecule has 0 atom stereocenters. The Bertz CT molecular complexity index is 821. The van der Waals surface area contributed by atoms with Gasteiger partial charge in [0, 0.05) is 6.07 Å². The van der Waals surface area contributed by atoms with E-state index in [1.807, 2.05) is 0 Å². The SMILES string of the molecule is Cc1cc(S(=O)(=O)Oc2ccccc2[N+](=O)[O-])cc(C)c1O. The van der Waals surface area contributed by atoms with Crippen LogP contribution in [0.4, 0.5) is 5.69 Å². The van der Waals surface area contributed by atoms with Crippen LogP contribution < -0.4 is 4.18 Å². The summed E-state index contributed by atoms with van der Waals surface area (Å²) >= 11 is 0. The summed E-state index contributed by atoms with van der Waals surface area (Å²) in [5.41, 5.74) is 0.285. The van der Waals surface area contributed by atoms with Gasteiger partial charge in [-0.15, -0.1) is 0 Å². The van der Waals surface area contributed by atoms with E-state index in [1.165, 1.54) is 30.3 Å². The summed E-state index contributed by atoms with van der Waals surface area (Å²) in [6.45, 7) is 3.10. The van der Waals surface area contributed by atoms with Gasteiger partial charge in [0.25, 0.3) is 0 Å². The Morgan fingerprint density at radius 2 is 1.68 bits per heavy atom. The van der Waals surface area contributed by atoms with E-state index < -0.39 is 20.7 Å². The minimum Gasteiger partial charge on any atom is -0.507 e. The van der Waals surface area contributed by atoms with E-state index in [4.69, 9.17) is 4.18 Å². The van der Waals surface area contributed by atoms with Gasteiger partial charge in [-0.1, -0.05) is 12.1 Å². The highest BCUT2D eigenvalue weighted by Crippen LogP contribution is 2.31. The summed E-state index contributed by atoms with van der Waals surface area (Å²) in [7, 11) is -4.25. The molecule has 0 bridgehead atoms. The van der Waals surface area contributed by atoms with Crippen molar-refractivity contribution in [2.24, 2.45) is 0 Å². The lowest BCUT2D eigenvalue weighted by Gasteiger charge is -2.10. The van der Waals surface area contributed by atoms with Crippen molar-refractivity contribution in [1.82, 2.24) is 0 Å². The third-order valence-corrected chi connectivity index (χ3v) is 4.23. The molecule has 0 aromatic heterocycles. The molecule has 116 valence electrons. The van der Waals surface area contributed by atoms with E-state index in [9.17, 15) is 23.6 Å². The van der Waals surface area contributed by atoms with Crippen LogP contribution in [0.25, 0.3) is 0 Å². The van der Waals surface area contributed by atoms with Gasteiger partial charge in [0.05, 0.1) is 4.92 Å². The largest absolute Gasteiger partial charge is 0.507 e. The third kappa shape index (κ3) is 3.01. The fourth-order valence-electron chi connectivity index (χ4n) is 1.91. The maximum Gasteiger partial charge on any atom is 0.339 e. The van der Waals surface area contributed by atoms with E-state index >= 15 is 0 Å². The number of aromatic hydroxyl groups is 1. The van der Waals surface area contributed by atoms with Crippen LogP contribution in [0.1, 0.15) is 11.1 Å². The summed E-state index contributed by atoms with van der Waals surface area (Å²) in [6, 6.07) is 7.69. The molecule has 0 spiro atoms. The van der Waals surface area contributed by atoms with Crippen molar-refractivity contribution in [2.45, 2.75) is 18.7 Å². The van der Waals surface area contributed by atoms with Crippen LogP contribution in [0.3, 0.4) is 0 Å². The molecule has 0 aliphatic heterocycles. The van der Waals surface area contributed by atoms with Gasteiger partial charge >= 0.3 is 15.8 Å². The van der Waals surface area contributed by atoms with Crippen LogP contribution in [-0.2, 0) is 10.1 Å². The molecule has 2 aromatic rings. The van der Waals surface area contributed by atoms with Gasteiger partial charge in [-0.3, -0.25) is 10.1 Å². The zero-order chi connectivity index (χ0) is 16.5. The number of aryl methyl sites for hydroxylation is 2. The highest BCUT2D eigenvalue weighted by atomic mass is 32.2. The molecule has 0 unspecified atom stereocenters. The Balaban J connectivity index is 2.47. The van der Waals surface area contributed by atoms with Crippen molar-refractivity contribution in [1.29, 1.82) is 0 Å². The third-order valence-electron chi connectivity index (χ3n) is 3.01. The fourth-order valence-corrected chi connectivity index (χ4v) is 3.02. The zero-order valence-corrected chi connectivity index (χ0v) is 12.6. The van der Waals surface area contributed by atoms with E-state index in [2.05, 4.69) is 0 Å². The summed E-state index contributed by atoms with van der Waals surface area (Å²) in [5, 5.41) is 20.6. The zero-order valence-electron chi connectivity index (χ0n) is 11.8. The minimum atomic E-state index is -4.25. The van der Waals surface area contributed by atoms with Crippen molar-refractivity contribution in [2.75, 3.05) is 0 Å². The molecular weight excluding hydrogens is 310 g/mol. The molecule has 2 rings (SSSR count). The van der Waals surface area contributed by atoms with Crippen molar-refractivity contribution in [3.05, 3.63) is 57.6 Å². The molecular formula is C14H13NO6S. The lowest BCUT2D eigenvalue weighted by molar-refractivity contribution is -0.385. The molecule has 0 heterocycles. The quantitative estimate of drug-likeness (QED) is 0.526. The number of rotatable bonds is 4. The number of phenolic OH excluding ortho intramolecular Hbond substituents is 1. The molecule has 0 saturated carbocycles. The Kier molecular flexibility index (Phi) is 4.05. The molecule has 0 radical (unpaired) electrons. The van der Waals surface area contributed by atoms with Crippen LogP contribution in [0.2, 0.25) is 0 Å². The molecule has 0 fully saturated rings. The van der Waals surface area contributed by atoms with Gasteiger partial charge in [0.15, 0.2) is 0 Å². The average Bonchev–Trinajstić information content (AvgIpc) is 2.44. The molecule has 2 aromatic carbocycles. The first-order chi connectivity index (χ1) is 10.2. The van der Waals surface area contributed by atoms with Crippen molar-refractivity contribution >= 4 is 15.8 Å². The molecule has 22 heavy (non-hydrogen) atoms. The van der Waals surface area contributed by atoms with Crippen molar-refractivity contribution in [3.63, 3.8) is 0 Å². The number of hydrogen-bond donors (Lipinski definition) is 1. The second-order valence-corrected chi connectivity index (χ2v) is 6.21. The van der Waals surface area contributed by atoms with E-state index in [0.717, 1.165) is 6.07 Å². The number of hydrogen-bond acceptors (Lipinski definition) is 6. The smallest absolute Gasteiger partial charge is 0.339 e. The van der Waals surface area contributed by atoms with Gasteiger partial charge in [0.1, 0.15) is 10.6 Å². The Labute approximate surface area is 127 Å². The summed E-state index contributed by atoms with van der Waals surface area (Å²) in [4.78, 5) is 9.99.